The van der Waals surface area contributed by atoms with Crippen LogP contribution in [0.25, 0.3) is 0 Å². The van der Waals surface area contributed by atoms with Crippen molar-refractivity contribution in [3.05, 3.63) is 23.8 Å². The van der Waals surface area contributed by atoms with Gasteiger partial charge in [0.05, 0.1) is 17.9 Å². The van der Waals surface area contributed by atoms with E-state index in [1.807, 2.05) is 25.1 Å². The summed E-state index contributed by atoms with van der Waals surface area (Å²) in [7, 11) is 0. The highest BCUT2D eigenvalue weighted by Crippen LogP contribution is 2.23. The molecule has 2 rings (SSSR count). The van der Waals surface area contributed by atoms with E-state index in [2.05, 4.69) is 17.1 Å². The van der Waals surface area contributed by atoms with E-state index in [9.17, 15) is 4.79 Å². The fourth-order valence-electron chi connectivity index (χ4n) is 2.80. The fourth-order valence-corrected chi connectivity index (χ4v) is 2.80. The summed E-state index contributed by atoms with van der Waals surface area (Å²) >= 11 is 0. The first kappa shape index (κ1) is 14.9. The lowest BCUT2D eigenvalue weighted by Crippen LogP contribution is -2.39. The van der Waals surface area contributed by atoms with E-state index in [1.54, 1.807) is 0 Å². The van der Waals surface area contributed by atoms with E-state index in [4.69, 9.17) is 5.73 Å². The number of anilines is 2. The Labute approximate surface area is 121 Å². The third-order valence-electron chi connectivity index (χ3n) is 4.22. The number of amides is 1. The van der Waals surface area contributed by atoms with E-state index in [1.165, 1.54) is 19.3 Å². The lowest BCUT2D eigenvalue weighted by atomic mass is 9.94. The van der Waals surface area contributed by atoms with Crippen molar-refractivity contribution in [2.24, 2.45) is 5.92 Å². The van der Waals surface area contributed by atoms with E-state index in [0.29, 0.717) is 12.2 Å². The Balaban J connectivity index is 1.87. The van der Waals surface area contributed by atoms with Crippen LogP contribution in [0.4, 0.5) is 11.4 Å². The summed E-state index contributed by atoms with van der Waals surface area (Å²) in [6.07, 6.45) is 3.66. The average molecular weight is 275 g/mol. The van der Waals surface area contributed by atoms with Crippen LogP contribution in [-0.4, -0.2) is 30.4 Å². The maximum Gasteiger partial charge on any atom is 0.238 e. The van der Waals surface area contributed by atoms with Crippen molar-refractivity contribution < 1.29 is 4.79 Å². The van der Waals surface area contributed by atoms with Crippen LogP contribution in [-0.2, 0) is 4.79 Å². The molecule has 1 aromatic rings. The molecule has 3 N–H and O–H groups in total. The average Bonchev–Trinajstić information content (AvgIpc) is 2.44. The molecule has 110 valence electrons. The smallest absolute Gasteiger partial charge is 0.238 e. The molecule has 0 unspecified atom stereocenters. The molecule has 20 heavy (non-hydrogen) atoms. The van der Waals surface area contributed by atoms with E-state index < -0.39 is 0 Å². The molecule has 1 aliphatic heterocycles. The SMILES string of the molecule is CCC1CCN(CC(=O)Nc2c(C)cccc2N)CC1. The highest BCUT2D eigenvalue weighted by Gasteiger charge is 2.20. The lowest BCUT2D eigenvalue weighted by Gasteiger charge is -2.30. The number of piperidine rings is 1. The van der Waals surface area contributed by atoms with E-state index in [-0.39, 0.29) is 5.91 Å². The monoisotopic (exact) mass is 275 g/mol. The van der Waals surface area contributed by atoms with Crippen molar-refractivity contribution in [2.45, 2.75) is 33.1 Å². The molecule has 1 saturated heterocycles. The first-order valence-electron chi connectivity index (χ1n) is 7.47. The van der Waals surface area contributed by atoms with Gasteiger partial charge in [-0.15, -0.1) is 0 Å². The maximum atomic E-state index is 12.1. The highest BCUT2D eigenvalue weighted by molar-refractivity contribution is 5.96. The third-order valence-corrected chi connectivity index (χ3v) is 4.22. The van der Waals surface area contributed by atoms with Gasteiger partial charge < -0.3 is 11.1 Å². The second-order valence-corrected chi connectivity index (χ2v) is 5.72. The molecule has 0 aromatic heterocycles. The summed E-state index contributed by atoms with van der Waals surface area (Å²) in [5.41, 5.74) is 8.29. The van der Waals surface area contributed by atoms with Crippen molar-refractivity contribution in [3.8, 4) is 0 Å². The van der Waals surface area contributed by atoms with Crippen LogP contribution in [0.15, 0.2) is 18.2 Å². The fraction of sp³-hybridized carbons (Fsp3) is 0.562. The molecular weight excluding hydrogens is 250 g/mol. The van der Waals surface area contributed by atoms with Crippen LogP contribution < -0.4 is 11.1 Å². The minimum absolute atomic E-state index is 0.0287. The van der Waals surface area contributed by atoms with Gasteiger partial charge >= 0.3 is 0 Å². The Kier molecular flexibility index (Phi) is 5.01. The predicted octanol–water partition coefficient (Wildman–Crippen LogP) is 2.64. The maximum absolute atomic E-state index is 12.1. The van der Waals surface area contributed by atoms with Gasteiger partial charge in [0.2, 0.25) is 5.91 Å². The minimum atomic E-state index is 0.0287. The van der Waals surface area contributed by atoms with Crippen molar-refractivity contribution in [3.63, 3.8) is 0 Å². The van der Waals surface area contributed by atoms with Gasteiger partial charge in [0.1, 0.15) is 0 Å². The van der Waals surface area contributed by atoms with Crippen LogP contribution in [0.3, 0.4) is 0 Å². The number of nitrogens with zero attached hydrogens (tertiary/aromatic N) is 1. The molecule has 1 heterocycles. The minimum Gasteiger partial charge on any atom is -0.397 e. The van der Waals surface area contributed by atoms with Gasteiger partial charge in [0.25, 0.3) is 0 Å². The number of rotatable bonds is 4. The Bertz CT molecular complexity index is 445. The largest absolute Gasteiger partial charge is 0.397 e. The van der Waals surface area contributed by atoms with Gasteiger partial charge in [-0.1, -0.05) is 25.5 Å². The number of hydrogen-bond acceptors (Lipinski definition) is 3. The van der Waals surface area contributed by atoms with Gasteiger partial charge in [0, 0.05) is 0 Å². The van der Waals surface area contributed by atoms with Crippen LogP contribution in [0.1, 0.15) is 31.7 Å². The van der Waals surface area contributed by atoms with Crippen molar-refractivity contribution >= 4 is 17.3 Å². The molecule has 4 nitrogen and oxygen atoms in total. The number of carbonyl (C=O) groups is 1. The first-order valence-corrected chi connectivity index (χ1v) is 7.47. The molecule has 1 aromatic carbocycles. The van der Waals surface area contributed by atoms with Crippen LogP contribution in [0.2, 0.25) is 0 Å². The Morgan fingerprint density at radius 1 is 1.40 bits per heavy atom. The summed E-state index contributed by atoms with van der Waals surface area (Å²) in [5.74, 6) is 0.863. The Morgan fingerprint density at radius 3 is 2.70 bits per heavy atom. The second kappa shape index (κ2) is 6.75. The zero-order valence-corrected chi connectivity index (χ0v) is 12.5. The second-order valence-electron chi connectivity index (χ2n) is 5.72. The van der Waals surface area contributed by atoms with Crippen molar-refractivity contribution in [2.75, 3.05) is 30.7 Å². The normalized spacial score (nSPS) is 17.1. The van der Waals surface area contributed by atoms with Crippen LogP contribution in [0.5, 0.6) is 0 Å². The van der Waals surface area contributed by atoms with Gasteiger partial charge in [-0.05, 0) is 50.4 Å². The standard InChI is InChI=1S/C16H25N3O/c1-3-13-7-9-19(10-8-13)11-15(20)18-16-12(2)5-4-6-14(16)17/h4-6,13H,3,7-11,17H2,1-2H3,(H,18,20). The predicted molar refractivity (Wildman–Crippen MR) is 83.7 cm³/mol. The van der Waals surface area contributed by atoms with Gasteiger partial charge in [-0.2, -0.15) is 0 Å². The molecule has 0 aliphatic carbocycles. The molecule has 0 radical (unpaired) electrons. The molecule has 0 spiro atoms. The van der Waals surface area contributed by atoms with Crippen molar-refractivity contribution in [1.29, 1.82) is 0 Å². The number of benzene rings is 1. The quantitative estimate of drug-likeness (QED) is 0.831. The van der Waals surface area contributed by atoms with E-state index in [0.717, 1.165) is 30.3 Å². The zero-order chi connectivity index (χ0) is 14.5. The van der Waals surface area contributed by atoms with E-state index >= 15 is 0 Å². The number of para-hydroxylation sites is 1. The van der Waals surface area contributed by atoms with Crippen LogP contribution in [0, 0.1) is 12.8 Å². The van der Waals surface area contributed by atoms with Crippen LogP contribution >= 0.6 is 0 Å². The summed E-state index contributed by atoms with van der Waals surface area (Å²) < 4.78 is 0. The first-order chi connectivity index (χ1) is 9.60. The molecule has 1 fully saturated rings. The lowest BCUT2D eigenvalue weighted by molar-refractivity contribution is -0.117. The Morgan fingerprint density at radius 2 is 2.10 bits per heavy atom. The zero-order valence-electron chi connectivity index (χ0n) is 12.5. The number of nitrogens with one attached hydrogen (secondary N) is 1. The summed E-state index contributed by atoms with van der Waals surface area (Å²) in [6.45, 7) is 6.71. The molecule has 0 saturated carbocycles. The number of hydrogen-bond donors (Lipinski definition) is 2. The Hall–Kier alpha value is -1.55. The number of likely N-dealkylation sites (tertiary alicyclic amines) is 1. The topological polar surface area (TPSA) is 58.4 Å². The molecule has 1 amide bonds. The van der Waals surface area contributed by atoms with Gasteiger partial charge in [-0.3, -0.25) is 9.69 Å². The molecular formula is C16H25N3O. The number of aryl methyl sites for hydroxylation is 1. The third kappa shape index (κ3) is 3.73. The number of nitrogen functional groups attached to an aromatic ring is 1. The summed E-state index contributed by atoms with van der Waals surface area (Å²) in [5, 5.41) is 2.95. The number of carbonyl (C=O) groups excluding carboxylic acids is 1. The molecule has 0 atom stereocenters. The summed E-state index contributed by atoms with van der Waals surface area (Å²) in [6, 6.07) is 5.67. The van der Waals surface area contributed by atoms with Crippen molar-refractivity contribution in [1.82, 2.24) is 4.90 Å². The molecule has 4 heteroatoms. The van der Waals surface area contributed by atoms with Gasteiger partial charge in [-0.25, -0.2) is 0 Å². The molecule has 0 bridgehead atoms. The molecule has 1 aliphatic rings. The van der Waals surface area contributed by atoms with Gasteiger partial charge in [0.15, 0.2) is 0 Å². The summed E-state index contributed by atoms with van der Waals surface area (Å²) in [4.78, 5) is 14.4. The highest BCUT2D eigenvalue weighted by atomic mass is 16.2. The number of nitrogens with two attached hydrogens (primary N) is 1.